The third-order valence-electron chi connectivity index (χ3n) is 2.87. The summed E-state index contributed by atoms with van der Waals surface area (Å²) in [6.45, 7) is 4.88. The Kier molecular flexibility index (Phi) is 5.69. The predicted molar refractivity (Wildman–Crippen MR) is 76.7 cm³/mol. The van der Waals surface area contributed by atoms with Crippen LogP contribution in [0.1, 0.15) is 32.3 Å². The van der Waals surface area contributed by atoms with Gasteiger partial charge in [-0.25, -0.2) is 0 Å². The summed E-state index contributed by atoms with van der Waals surface area (Å²) in [6.07, 6.45) is 1.56. The molecule has 0 bridgehead atoms. The van der Waals surface area contributed by atoms with Crippen LogP contribution in [0.5, 0.6) is 0 Å². The van der Waals surface area contributed by atoms with Crippen molar-refractivity contribution >= 4 is 11.6 Å². The Balaban J connectivity index is 2.43. The van der Waals surface area contributed by atoms with Gasteiger partial charge in [0.25, 0.3) is 0 Å². The summed E-state index contributed by atoms with van der Waals surface area (Å²) in [4.78, 5) is 13.7. The Morgan fingerprint density at radius 2 is 2.06 bits per heavy atom. The van der Waals surface area contributed by atoms with Crippen molar-refractivity contribution in [2.75, 3.05) is 19.0 Å². The average molecular weight is 248 g/mol. The van der Waals surface area contributed by atoms with Gasteiger partial charge in [-0.15, -0.1) is 0 Å². The fraction of sp³-hybridized carbons (Fsp3) is 0.533. The zero-order chi connectivity index (χ0) is 13.5. The number of nitrogens with zero attached hydrogens (tertiary/aromatic N) is 1. The minimum Gasteiger partial charge on any atom is -0.378 e. The van der Waals surface area contributed by atoms with Gasteiger partial charge in [-0.3, -0.25) is 4.79 Å². The molecule has 0 saturated carbocycles. The smallest absolute Gasteiger partial charge is 0.220 e. The first-order valence-electron chi connectivity index (χ1n) is 6.52. The second-order valence-corrected chi connectivity index (χ2v) is 5.27. The van der Waals surface area contributed by atoms with E-state index in [1.165, 1.54) is 0 Å². The first-order valence-corrected chi connectivity index (χ1v) is 6.52. The molecule has 0 aromatic heterocycles. The second kappa shape index (κ2) is 7.04. The largest absolute Gasteiger partial charge is 0.378 e. The number of carbonyl (C=O) groups excluding carboxylic acids is 1. The molecule has 1 rings (SSSR count). The molecule has 0 radical (unpaired) electrons. The summed E-state index contributed by atoms with van der Waals surface area (Å²) in [5, 5.41) is 2.96. The van der Waals surface area contributed by atoms with Gasteiger partial charge >= 0.3 is 0 Å². The molecule has 3 heteroatoms. The lowest BCUT2D eigenvalue weighted by Crippen LogP contribution is -2.23. The van der Waals surface area contributed by atoms with Crippen molar-refractivity contribution in [1.29, 1.82) is 0 Å². The van der Waals surface area contributed by atoms with Gasteiger partial charge in [-0.05, 0) is 30.0 Å². The molecule has 0 aliphatic rings. The monoisotopic (exact) mass is 248 g/mol. The fourth-order valence-electron chi connectivity index (χ4n) is 1.65. The molecule has 0 unspecified atom stereocenters. The number of hydrogen-bond donors (Lipinski definition) is 1. The normalized spacial score (nSPS) is 10.5. The molecule has 1 aromatic carbocycles. The van der Waals surface area contributed by atoms with Gasteiger partial charge in [0.15, 0.2) is 0 Å². The van der Waals surface area contributed by atoms with Crippen LogP contribution < -0.4 is 10.2 Å². The Bertz CT molecular complexity index is 386. The Hall–Kier alpha value is -1.51. The summed E-state index contributed by atoms with van der Waals surface area (Å²) < 4.78 is 0. The third-order valence-corrected chi connectivity index (χ3v) is 2.87. The van der Waals surface area contributed by atoms with Gasteiger partial charge in [-0.1, -0.05) is 26.0 Å². The van der Waals surface area contributed by atoms with E-state index in [-0.39, 0.29) is 5.91 Å². The molecular weight excluding hydrogens is 224 g/mol. The first kappa shape index (κ1) is 14.6. The summed E-state index contributed by atoms with van der Waals surface area (Å²) in [5.74, 6) is 0.715. The van der Waals surface area contributed by atoms with Gasteiger partial charge in [0.2, 0.25) is 5.91 Å². The molecule has 0 fully saturated rings. The lowest BCUT2D eigenvalue weighted by molar-refractivity contribution is -0.121. The number of hydrogen-bond acceptors (Lipinski definition) is 2. The SMILES string of the molecule is CC(C)CCC(=O)NCc1cccc(N(C)C)c1. The maximum atomic E-state index is 11.6. The van der Waals surface area contributed by atoms with Crippen LogP contribution in [0.2, 0.25) is 0 Å². The lowest BCUT2D eigenvalue weighted by atomic mass is 10.1. The first-order chi connectivity index (χ1) is 8.49. The number of rotatable bonds is 6. The molecule has 0 aliphatic heterocycles. The van der Waals surface area contributed by atoms with E-state index in [1.54, 1.807) is 0 Å². The highest BCUT2D eigenvalue weighted by Gasteiger charge is 2.04. The van der Waals surface area contributed by atoms with Gasteiger partial charge in [0.05, 0.1) is 0 Å². The Morgan fingerprint density at radius 1 is 1.33 bits per heavy atom. The van der Waals surface area contributed by atoms with Crippen LogP contribution in [0.25, 0.3) is 0 Å². The van der Waals surface area contributed by atoms with E-state index in [1.807, 2.05) is 26.2 Å². The van der Waals surface area contributed by atoms with Crippen molar-refractivity contribution < 1.29 is 4.79 Å². The van der Waals surface area contributed by atoms with Gasteiger partial charge < -0.3 is 10.2 Å². The van der Waals surface area contributed by atoms with Crippen LogP contribution in [0.15, 0.2) is 24.3 Å². The van der Waals surface area contributed by atoms with E-state index in [2.05, 4.69) is 36.2 Å². The quantitative estimate of drug-likeness (QED) is 0.839. The molecule has 0 heterocycles. The maximum absolute atomic E-state index is 11.6. The highest BCUT2D eigenvalue weighted by molar-refractivity contribution is 5.75. The zero-order valence-corrected chi connectivity index (χ0v) is 11.9. The molecule has 1 N–H and O–H groups in total. The summed E-state index contributed by atoms with van der Waals surface area (Å²) in [7, 11) is 4.03. The lowest BCUT2D eigenvalue weighted by Gasteiger charge is -2.14. The van der Waals surface area contributed by atoms with Gasteiger partial charge in [-0.2, -0.15) is 0 Å². The van der Waals surface area contributed by atoms with Crippen molar-refractivity contribution in [1.82, 2.24) is 5.32 Å². The molecule has 0 saturated heterocycles. The Morgan fingerprint density at radius 3 is 2.67 bits per heavy atom. The van der Waals surface area contributed by atoms with Crippen LogP contribution >= 0.6 is 0 Å². The van der Waals surface area contributed by atoms with E-state index >= 15 is 0 Å². The maximum Gasteiger partial charge on any atom is 0.220 e. The van der Waals surface area contributed by atoms with Crippen molar-refractivity contribution in [3.05, 3.63) is 29.8 Å². The highest BCUT2D eigenvalue weighted by atomic mass is 16.1. The summed E-state index contributed by atoms with van der Waals surface area (Å²) in [5.41, 5.74) is 2.29. The van der Waals surface area contributed by atoms with Crippen molar-refractivity contribution in [2.24, 2.45) is 5.92 Å². The van der Waals surface area contributed by atoms with E-state index in [0.29, 0.717) is 18.9 Å². The molecule has 1 aromatic rings. The minimum absolute atomic E-state index is 0.138. The predicted octanol–water partition coefficient (Wildman–Crippen LogP) is 2.81. The fourth-order valence-corrected chi connectivity index (χ4v) is 1.65. The molecule has 0 spiro atoms. The average Bonchev–Trinajstić information content (AvgIpc) is 2.34. The van der Waals surface area contributed by atoms with Crippen LogP contribution in [0, 0.1) is 5.92 Å². The Labute approximate surface area is 110 Å². The van der Waals surface area contributed by atoms with Crippen molar-refractivity contribution in [3.8, 4) is 0 Å². The van der Waals surface area contributed by atoms with Crippen LogP contribution in [-0.2, 0) is 11.3 Å². The molecular formula is C15H24N2O. The highest BCUT2D eigenvalue weighted by Crippen LogP contribution is 2.13. The van der Waals surface area contributed by atoms with E-state index in [4.69, 9.17) is 0 Å². The number of nitrogens with one attached hydrogen (secondary N) is 1. The number of carbonyl (C=O) groups is 1. The summed E-state index contributed by atoms with van der Waals surface area (Å²) in [6, 6.07) is 8.22. The molecule has 18 heavy (non-hydrogen) atoms. The van der Waals surface area contributed by atoms with Crippen molar-refractivity contribution in [3.63, 3.8) is 0 Å². The van der Waals surface area contributed by atoms with E-state index < -0.39 is 0 Å². The third kappa shape index (κ3) is 5.21. The minimum atomic E-state index is 0.138. The van der Waals surface area contributed by atoms with Crippen LogP contribution in [-0.4, -0.2) is 20.0 Å². The van der Waals surface area contributed by atoms with E-state index in [9.17, 15) is 4.79 Å². The second-order valence-electron chi connectivity index (χ2n) is 5.27. The molecule has 3 nitrogen and oxygen atoms in total. The number of amides is 1. The zero-order valence-electron chi connectivity index (χ0n) is 11.9. The number of anilines is 1. The van der Waals surface area contributed by atoms with Crippen LogP contribution in [0.3, 0.4) is 0 Å². The van der Waals surface area contributed by atoms with Crippen molar-refractivity contribution in [2.45, 2.75) is 33.2 Å². The van der Waals surface area contributed by atoms with Gasteiger partial charge in [0.1, 0.15) is 0 Å². The molecule has 0 atom stereocenters. The van der Waals surface area contributed by atoms with Crippen LogP contribution in [0.4, 0.5) is 5.69 Å². The molecule has 0 aliphatic carbocycles. The molecule has 100 valence electrons. The molecule has 1 amide bonds. The standard InChI is InChI=1S/C15H24N2O/c1-12(2)8-9-15(18)16-11-13-6-5-7-14(10-13)17(3)4/h5-7,10,12H,8-9,11H2,1-4H3,(H,16,18). The van der Waals surface area contributed by atoms with Gasteiger partial charge in [0, 0.05) is 32.7 Å². The number of benzene rings is 1. The summed E-state index contributed by atoms with van der Waals surface area (Å²) >= 11 is 0. The topological polar surface area (TPSA) is 32.3 Å². The van der Waals surface area contributed by atoms with E-state index in [0.717, 1.165) is 17.7 Å².